The molecule has 0 bridgehead atoms. The standard InChI is InChI=1S/C12H15ClN2O5/c13-5-8-19-9-3-6-14(7-4-9)12(16)10-1-2-11(20-10)15(17)18/h1-2,9H,3-8H2. The monoisotopic (exact) mass is 302 g/mol. The molecule has 7 nitrogen and oxygen atoms in total. The van der Waals surface area contributed by atoms with Crippen LogP contribution < -0.4 is 0 Å². The molecule has 0 radical (unpaired) electrons. The van der Waals surface area contributed by atoms with E-state index in [4.69, 9.17) is 20.8 Å². The summed E-state index contributed by atoms with van der Waals surface area (Å²) in [6, 6.07) is 2.51. The zero-order chi connectivity index (χ0) is 14.5. The average Bonchev–Trinajstić information content (AvgIpc) is 2.95. The summed E-state index contributed by atoms with van der Waals surface area (Å²) in [6.07, 6.45) is 1.57. The van der Waals surface area contributed by atoms with Gasteiger partial charge in [-0.3, -0.25) is 14.9 Å². The third-order valence-electron chi connectivity index (χ3n) is 3.14. The molecule has 110 valence electrons. The van der Waals surface area contributed by atoms with Gasteiger partial charge in [0.1, 0.15) is 4.92 Å². The molecule has 20 heavy (non-hydrogen) atoms. The van der Waals surface area contributed by atoms with E-state index in [1.807, 2.05) is 0 Å². The minimum absolute atomic E-state index is 0.00294. The highest BCUT2D eigenvalue weighted by Gasteiger charge is 2.27. The summed E-state index contributed by atoms with van der Waals surface area (Å²) in [4.78, 5) is 23.6. The molecule has 0 aromatic carbocycles. The molecule has 1 aromatic heterocycles. The number of alkyl halides is 1. The molecule has 1 fully saturated rings. The SMILES string of the molecule is O=C(c1ccc([N+](=O)[O-])o1)N1CCC(OCCCl)CC1. The molecule has 8 heteroatoms. The summed E-state index contributed by atoms with van der Waals surface area (Å²) in [7, 11) is 0. The van der Waals surface area contributed by atoms with Crippen LogP contribution in [0.3, 0.4) is 0 Å². The van der Waals surface area contributed by atoms with Gasteiger partial charge in [-0.05, 0) is 18.9 Å². The number of halogens is 1. The topological polar surface area (TPSA) is 85.8 Å². The van der Waals surface area contributed by atoms with Crippen molar-refractivity contribution in [2.75, 3.05) is 25.6 Å². The number of hydrogen-bond donors (Lipinski definition) is 0. The van der Waals surface area contributed by atoms with Crippen LogP contribution in [0.5, 0.6) is 0 Å². The Kier molecular flexibility index (Phi) is 4.97. The molecule has 1 saturated heterocycles. The summed E-state index contributed by atoms with van der Waals surface area (Å²) in [6.45, 7) is 1.59. The fourth-order valence-electron chi connectivity index (χ4n) is 2.13. The number of likely N-dealkylation sites (tertiary alicyclic amines) is 1. The van der Waals surface area contributed by atoms with Gasteiger partial charge in [-0.1, -0.05) is 0 Å². The van der Waals surface area contributed by atoms with Gasteiger partial charge in [0.15, 0.2) is 5.76 Å². The second-order valence-corrected chi connectivity index (χ2v) is 4.82. The first-order chi connectivity index (χ1) is 9.61. The van der Waals surface area contributed by atoms with Crippen LogP contribution in [0.2, 0.25) is 0 Å². The maximum Gasteiger partial charge on any atom is 0.433 e. The molecule has 0 atom stereocenters. The maximum absolute atomic E-state index is 12.1. The van der Waals surface area contributed by atoms with Crippen LogP contribution in [-0.2, 0) is 4.74 Å². The minimum Gasteiger partial charge on any atom is -0.395 e. The van der Waals surface area contributed by atoms with Gasteiger partial charge in [-0.2, -0.15) is 0 Å². The molecule has 1 amide bonds. The third-order valence-corrected chi connectivity index (χ3v) is 3.30. The first-order valence-corrected chi connectivity index (χ1v) is 6.86. The molecule has 1 aliphatic rings. The quantitative estimate of drug-likeness (QED) is 0.472. The van der Waals surface area contributed by atoms with Gasteiger partial charge < -0.3 is 14.1 Å². The lowest BCUT2D eigenvalue weighted by molar-refractivity contribution is -0.402. The van der Waals surface area contributed by atoms with Crippen molar-refractivity contribution >= 4 is 23.4 Å². The fourth-order valence-corrected chi connectivity index (χ4v) is 2.22. The van der Waals surface area contributed by atoms with E-state index in [0.717, 1.165) is 12.8 Å². The van der Waals surface area contributed by atoms with E-state index >= 15 is 0 Å². The van der Waals surface area contributed by atoms with Gasteiger partial charge >= 0.3 is 5.88 Å². The van der Waals surface area contributed by atoms with Gasteiger partial charge in [0.25, 0.3) is 5.91 Å². The number of ether oxygens (including phenoxy) is 1. The van der Waals surface area contributed by atoms with Crippen LogP contribution >= 0.6 is 11.6 Å². The Morgan fingerprint density at radius 1 is 1.50 bits per heavy atom. The van der Waals surface area contributed by atoms with E-state index in [1.165, 1.54) is 12.1 Å². The third kappa shape index (κ3) is 3.49. The van der Waals surface area contributed by atoms with Gasteiger partial charge in [0, 0.05) is 19.0 Å². The smallest absolute Gasteiger partial charge is 0.395 e. The molecular weight excluding hydrogens is 288 g/mol. The van der Waals surface area contributed by atoms with Gasteiger partial charge in [-0.15, -0.1) is 11.6 Å². The molecule has 1 aromatic rings. The highest BCUT2D eigenvalue weighted by Crippen LogP contribution is 2.20. The van der Waals surface area contributed by atoms with Gasteiger partial charge in [0.2, 0.25) is 0 Å². The molecule has 2 heterocycles. The predicted octanol–water partition coefficient (Wildman–Crippen LogP) is 2.05. The number of hydrogen-bond acceptors (Lipinski definition) is 5. The Morgan fingerprint density at radius 3 is 2.75 bits per heavy atom. The van der Waals surface area contributed by atoms with Crippen LogP contribution in [0.25, 0.3) is 0 Å². The second-order valence-electron chi connectivity index (χ2n) is 4.45. The lowest BCUT2D eigenvalue weighted by Crippen LogP contribution is -2.40. The van der Waals surface area contributed by atoms with Crippen molar-refractivity contribution in [1.29, 1.82) is 0 Å². The molecule has 2 rings (SSSR count). The van der Waals surface area contributed by atoms with Gasteiger partial charge in [-0.25, -0.2) is 0 Å². The van der Waals surface area contributed by atoms with E-state index in [0.29, 0.717) is 25.6 Å². The normalized spacial score (nSPS) is 16.4. The van der Waals surface area contributed by atoms with E-state index in [1.54, 1.807) is 4.90 Å². The first kappa shape index (κ1) is 14.8. The largest absolute Gasteiger partial charge is 0.433 e. The zero-order valence-corrected chi connectivity index (χ0v) is 11.5. The van der Waals surface area contributed by atoms with Crippen molar-refractivity contribution in [3.8, 4) is 0 Å². The van der Waals surface area contributed by atoms with Crippen LogP contribution in [0.1, 0.15) is 23.4 Å². The number of carbonyl (C=O) groups is 1. The molecule has 0 saturated carbocycles. The van der Waals surface area contributed by atoms with Crippen molar-refractivity contribution in [1.82, 2.24) is 4.90 Å². The van der Waals surface area contributed by atoms with Crippen molar-refractivity contribution in [3.05, 3.63) is 28.0 Å². The van der Waals surface area contributed by atoms with Crippen molar-refractivity contribution in [3.63, 3.8) is 0 Å². The Hall–Kier alpha value is -1.60. The van der Waals surface area contributed by atoms with Crippen LogP contribution in [-0.4, -0.2) is 47.4 Å². The summed E-state index contributed by atoms with van der Waals surface area (Å²) < 4.78 is 10.4. The molecule has 0 N–H and O–H groups in total. The van der Waals surface area contributed by atoms with Crippen molar-refractivity contribution in [2.45, 2.75) is 18.9 Å². The molecule has 0 aliphatic carbocycles. The molecule has 0 unspecified atom stereocenters. The highest BCUT2D eigenvalue weighted by atomic mass is 35.5. The Balaban J connectivity index is 1.89. The Morgan fingerprint density at radius 2 is 2.20 bits per heavy atom. The second kappa shape index (κ2) is 6.71. The van der Waals surface area contributed by atoms with E-state index < -0.39 is 10.8 Å². The number of piperidine rings is 1. The van der Waals surface area contributed by atoms with E-state index in [-0.39, 0.29) is 17.8 Å². The summed E-state index contributed by atoms with van der Waals surface area (Å²) >= 11 is 5.55. The van der Waals surface area contributed by atoms with Crippen molar-refractivity contribution in [2.24, 2.45) is 0 Å². The predicted molar refractivity (Wildman–Crippen MR) is 71.0 cm³/mol. The Bertz CT molecular complexity index is 482. The highest BCUT2D eigenvalue weighted by molar-refractivity contribution is 6.17. The number of furan rings is 1. The lowest BCUT2D eigenvalue weighted by Gasteiger charge is -2.31. The van der Waals surface area contributed by atoms with Crippen LogP contribution in [0.4, 0.5) is 5.88 Å². The Labute approximate surface area is 120 Å². The molecule has 1 aliphatic heterocycles. The summed E-state index contributed by atoms with van der Waals surface area (Å²) in [5.74, 6) is -0.297. The zero-order valence-electron chi connectivity index (χ0n) is 10.8. The summed E-state index contributed by atoms with van der Waals surface area (Å²) in [5, 5.41) is 10.5. The van der Waals surface area contributed by atoms with E-state index in [9.17, 15) is 14.9 Å². The number of carbonyl (C=O) groups excluding carboxylic acids is 1. The molecular formula is C12H15ClN2O5. The number of amides is 1. The molecule has 0 spiro atoms. The first-order valence-electron chi connectivity index (χ1n) is 6.33. The summed E-state index contributed by atoms with van der Waals surface area (Å²) in [5.41, 5.74) is 0. The number of nitrogens with zero attached hydrogens (tertiary/aromatic N) is 2. The van der Waals surface area contributed by atoms with Gasteiger partial charge in [0.05, 0.1) is 18.8 Å². The number of nitro groups is 1. The fraction of sp³-hybridized carbons (Fsp3) is 0.583. The van der Waals surface area contributed by atoms with Crippen LogP contribution in [0, 0.1) is 10.1 Å². The maximum atomic E-state index is 12.1. The van der Waals surface area contributed by atoms with Crippen LogP contribution in [0.15, 0.2) is 16.5 Å². The average molecular weight is 303 g/mol. The minimum atomic E-state index is -0.664. The van der Waals surface area contributed by atoms with E-state index in [2.05, 4.69) is 0 Å². The lowest BCUT2D eigenvalue weighted by atomic mass is 10.1. The number of rotatable bonds is 5. The van der Waals surface area contributed by atoms with Crippen molar-refractivity contribution < 1.29 is 18.9 Å².